The predicted molar refractivity (Wildman–Crippen MR) is 67.3 cm³/mol. The highest BCUT2D eigenvalue weighted by Crippen LogP contribution is 2.19. The molecule has 0 saturated heterocycles. The van der Waals surface area contributed by atoms with Crippen LogP contribution in [0, 0.1) is 5.82 Å². The van der Waals surface area contributed by atoms with Crippen LogP contribution in [0.3, 0.4) is 0 Å². The maximum Gasteiger partial charge on any atom is 0.165 e. The Morgan fingerprint density at radius 3 is 2.88 bits per heavy atom. The van der Waals surface area contributed by atoms with Crippen molar-refractivity contribution in [2.75, 3.05) is 13.2 Å². The van der Waals surface area contributed by atoms with E-state index in [1.165, 1.54) is 6.07 Å². The molecule has 2 nitrogen and oxygen atoms in total. The van der Waals surface area contributed by atoms with Crippen LogP contribution in [0.25, 0.3) is 0 Å². The van der Waals surface area contributed by atoms with Gasteiger partial charge in [-0.2, -0.15) is 0 Å². The van der Waals surface area contributed by atoms with Crippen LogP contribution >= 0.6 is 15.9 Å². The zero-order valence-electron chi connectivity index (χ0n) is 9.22. The average Bonchev–Trinajstić information content (AvgIpc) is 2.24. The molecule has 16 heavy (non-hydrogen) atoms. The van der Waals surface area contributed by atoms with E-state index >= 15 is 0 Å². The first kappa shape index (κ1) is 13.2. The molecule has 0 spiro atoms. The van der Waals surface area contributed by atoms with Crippen LogP contribution < -0.4 is 10.1 Å². The number of benzene rings is 1. The van der Waals surface area contributed by atoms with Gasteiger partial charge in [0.15, 0.2) is 11.6 Å². The van der Waals surface area contributed by atoms with Crippen LogP contribution in [0.2, 0.25) is 0 Å². The lowest BCUT2D eigenvalue weighted by Crippen LogP contribution is -2.11. The molecule has 0 radical (unpaired) electrons. The summed E-state index contributed by atoms with van der Waals surface area (Å²) in [5, 5.41) is 3.13. The van der Waals surface area contributed by atoms with E-state index in [2.05, 4.69) is 27.8 Å². The lowest BCUT2D eigenvalue weighted by atomic mass is 10.2. The Hall–Kier alpha value is -0.870. The van der Waals surface area contributed by atoms with Gasteiger partial charge in [0.25, 0.3) is 0 Å². The molecular weight excluding hydrogens is 273 g/mol. The fourth-order valence-electron chi connectivity index (χ4n) is 1.20. The summed E-state index contributed by atoms with van der Waals surface area (Å²) >= 11 is 3.15. The van der Waals surface area contributed by atoms with Crippen molar-refractivity contribution in [2.45, 2.75) is 13.5 Å². The van der Waals surface area contributed by atoms with Gasteiger partial charge < -0.3 is 10.1 Å². The summed E-state index contributed by atoms with van der Waals surface area (Å²) in [6.07, 6.45) is 0. The maximum absolute atomic E-state index is 13.5. The van der Waals surface area contributed by atoms with Crippen molar-refractivity contribution in [1.29, 1.82) is 0 Å². The summed E-state index contributed by atoms with van der Waals surface area (Å²) in [7, 11) is 0. The normalized spacial score (nSPS) is 10.2. The first-order valence-electron chi connectivity index (χ1n) is 5.08. The van der Waals surface area contributed by atoms with Gasteiger partial charge in [-0.05, 0) is 24.2 Å². The molecule has 1 aromatic carbocycles. The zero-order valence-corrected chi connectivity index (χ0v) is 10.8. The molecule has 0 aliphatic heterocycles. The van der Waals surface area contributed by atoms with E-state index in [-0.39, 0.29) is 18.2 Å². The summed E-state index contributed by atoms with van der Waals surface area (Å²) in [5.41, 5.74) is 0.907. The molecule has 0 fully saturated rings. The van der Waals surface area contributed by atoms with Crippen molar-refractivity contribution in [3.8, 4) is 5.75 Å². The molecule has 0 aromatic heterocycles. The second-order valence-corrected chi connectivity index (χ2v) is 4.47. The third-order valence-electron chi connectivity index (χ3n) is 1.96. The minimum absolute atomic E-state index is 0.251. The average molecular weight is 288 g/mol. The standard InChI is InChI=1S/C12H15BrFNO/c1-3-15-7-10-4-5-12(11(14)6-10)16-8-9(2)13/h4-6,15H,2-3,7-8H2,1H3. The van der Waals surface area contributed by atoms with Crippen molar-refractivity contribution in [3.05, 3.63) is 40.6 Å². The molecule has 0 aliphatic rings. The minimum Gasteiger partial charge on any atom is -0.485 e. The van der Waals surface area contributed by atoms with Gasteiger partial charge in [-0.3, -0.25) is 0 Å². The number of ether oxygens (including phenoxy) is 1. The second kappa shape index (κ2) is 6.66. The fraction of sp³-hybridized carbons (Fsp3) is 0.333. The minimum atomic E-state index is -0.343. The van der Waals surface area contributed by atoms with Crippen molar-refractivity contribution < 1.29 is 9.13 Å². The monoisotopic (exact) mass is 287 g/mol. The SMILES string of the molecule is C=C(Br)COc1ccc(CNCC)cc1F. The summed E-state index contributed by atoms with van der Waals surface area (Å²) in [6.45, 7) is 7.42. The highest BCUT2D eigenvalue weighted by atomic mass is 79.9. The van der Waals surface area contributed by atoms with E-state index in [0.29, 0.717) is 11.0 Å². The number of hydrogen-bond donors (Lipinski definition) is 1. The highest BCUT2D eigenvalue weighted by molar-refractivity contribution is 9.11. The van der Waals surface area contributed by atoms with Gasteiger partial charge in [-0.25, -0.2) is 4.39 Å². The Morgan fingerprint density at radius 1 is 1.56 bits per heavy atom. The molecule has 0 bridgehead atoms. The molecular formula is C12H15BrFNO. The van der Waals surface area contributed by atoms with Crippen molar-refractivity contribution in [2.24, 2.45) is 0 Å². The largest absolute Gasteiger partial charge is 0.485 e. The number of nitrogens with one attached hydrogen (secondary N) is 1. The molecule has 88 valence electrons. The molecule has 0 heterocycles. The molecule has 0 aliphatic carbocycles. The molecule has 0 saturated carbocycles. The topological polar surface area (TPSA) is 21.3 Å². The lowest BCUT2D eigenvalue weighted by molar-refractivity contribution is 0.339. The van der Waals surface area contributed by atoms with E-state index in [9.17, 15) is 4.39 Å². The molecule has 1 rings (SSSR count). The fourth-order valence-corrected chi connectivity index (χ4v) is 1.31. The Balaban J connectivity index is 2.63. The predicted octanol–water partition coefficient (Wildman–Crippen LogP) is 3.22. The number of halogens is 2. The van der Waals surface area contributed by atoms with Crippen molar-refractivity contribution in [3.63, 3.8) is 0 Å². The third kappa shape index (κ3) is 4.33. The van der Waals surface area contributed by atoms with Gasteiger partial charge in [-0.1, -0.05) is 35.5 Å². The first-order chi connectivity index (χ1) is 7.63. The Kier molecular flexibility index (Phi) is 5.49. The van der Waals surface area contributed by atoms with Crippen LogP contribution in [0.1, 0.15) is 12.5 Å². The van der Waals surface area contributed by atoms with Gasteiger partial charge in [0.05, 0.1) is 0 Å². The van der Waals surface area contributed by atoms with Crippen LogP contribution in [-0.2, 0) is 6.54 Å². The summed E-state index contributed by atoms with van der Waals surface area (Å²) < 4.78 is 19.4. The quantitative estimate of drug-likeness (QED) is 0.867. The van der Waals surface area contributed by atoms with Gasteiger partial charge in [0.1, 0.15) is 6.61 Å². The maximum atomic E-state index is 13.5. The first-order valence-corrected chi connectivity index (χ1v) is 5.88. The van der Waals surface area contributed by atoms with E-state index in [4.69, 9.17) is 4.74 Å². The summed E-state index contributed by atoms with van der Waals surface area (Å²) in [5.74, 6) is -0.0926. The Morgan fingerprint density at radius 2 is 2.31 bits per heavy atom. The lowest BCUT2D eigenvalue weighted by Gasteiger charge is -2.08. The summed E-state index contributed by atoms with van der Waals surface area (Å²) in [6, 6.07) is 4.96. The van der Waals surface area contributed by atoms with Gasteiger partial charge in [-0.15, -0.1) is 0 Å². The van der Waals surface area contributed by atoms with Crippen LogP contribution in [-0.4, -0.2) is 13.2 Å². The highest BCUT2D eigenvalue weighted by Gasteiger charge is 2.04. The van der Waals surface area contributed by atoms with E-state index in [1.54, 1.807) is 6.07 Å². The third-order valence-corrected chi connectivity index (χ3v) is 2.19. The zero-order chi connectivity index (χ0) is 12.0. The van der Waals surface area contributed by atoms with Gasteiger partial charge in [0, 0.05) is 11.0 Å². The van der Waals surface area contributed by atoms with Gasteiger partial charge in [0.2, 0.25) is 0 Å². The molecule has 0 amide bonds. The molecule has 1 aromatic rings. The van der Waals surface area contributed by atoms with Crippen LogP contribution in [0.5, 0.6) is 5.75 Å². The summed E-state index contributed by atoms with van der Waals surface area (Å²) in [4.78, 5) is 0. The molecule has 0 unspecified atom stereocenters. The second-order valence-electron chi connectivity index (χ2n) is 3.35. The number of rotatable bonds is 6. The molecule has 1 N–H and O–H groups in total. The number of hydrogen-bond acceptors (Lipinski definition) is 2. The van der Waals surface area contributed by atoms with E-state index in [1.807, 2.05) is 13.0 Å². The van der Waals surface area contributed by atoms with E-state index < -0.39 is 0 Å². The van der Waals surface area contributed by atoms with Crippen molar-refractivity contribution in [1.82, 2.24) is 5.32 Å². The van der Waals surface area contributed by atoms with Gasteiger partial charge >= 0.3 is 0 Å². The smallest absolute Gasteiger partial charge is 0.165 e. The van der Waals surface area contributed by atoms with Crippen molar-refractivity contribution >= 4 is 15.9 Å². The van der Waals surface area contributed by atoms with E-state index in [0.717, 1.165) is 12.1 Å². The molecule has 4 heteroatoms. The Labute approximate surface area is 104 Å². The van der Waals surface area contributed by atoms with Crippen LogP contribution in [0.15, 0.2) is 29.3 Å². The molecule has 0 atom stereocenters. The van der Waals surface area contributed by atoms with Crippen LogP contribution in [0.4, 0.5) is 4.39 Å². The Bertz CT molecular complexity index is 368.